The Labute approximate surface area is 74.1 Å². The summed E-state index contributed by atoms with van der Waals surface area (Å²) in [5.41, 5.74) is 1.45. The minimum atomic E-state index is 0.0295. The summed E-state index contributed by atoms with van der Waals surface area (Å²) in [6.45, 7) is 6.56. The summed E-state index contributed by atoms with van der Waals surface area (Å²) < 4.78 is 5.79. The maximum atomic E-state index is 5.79. The maximum absolute atomic E-state index is 5.79. The highest BCUT2D eigenvalue weighted by atomic mass is 16.5. The third-order valence-corrected chi connectivity index (χ3v) is 2.48. The number of ether oxygens (including phenoxy) is 1. The van der Waals surface area contributed by atoms with Gasteiger partial charge in [0.2, 0.25) is 0 Å². The van der Waals surface area contributed by atoms with E-state index in [2.05, 4.69) is 32.9 Å². The SMILES string of the molecule is CC1C=C2CC(C)(C)OC2=CC1. The summed E-state index contributed by atoms with van der Waals surface area (Å²) >= 11 is 0. The molecule has 0 amide bonds. The van der Waals surface area contributed by atoms with Gasteiger partial charge in [-0.2, -0.15) is 0 Å². The van der Waals surface area contributed by atoms with Crippen molar-refractivity contribution in [2.75, 3.05) is 0 Å². The highest BCUT2D eigenvalue weighted by Gasteiger charge is 2.33. The molecule has 0 spiro atoms. The Balaban J connectivity index is 2.27. The molecule has 0 aromatic heterocycles. The quantitative estimate of drug-likeness (QED) is 0.534. The molecular formula is C11H16O. The average molecular weight is 164 g/mol. The average Bonchev–Trinajstić information content (AvgIpc) is 2.21. The van der Waals surface area contributed by atoms with Crippen LogP contribution in [0.25, 0.3) is 0 Å². The predicted molar refractivity (Wildman–Crippen MR) is 49.7 cm³/mol. The smallest absolute Gasteiger partial charge is 0.119 e. The minimum absolute atomic E-state index is 0.0295. The molecule has 0 radical (unpaired) electrons. The molecule has 0 aromatic rings. The minimum Gasteiger partial charge on any atom is -0.488 e. The summed E-state index contributed by atoms with van der Waals surface area (Å²) in [7, 11) is 0. The van der Waals surface area contributed by atoms with Crippen LogP contribution in [0.15, 0.2) is 23.5 Å². The zero-order valence-corrected chi connectivity index (χ0v) is 8.05. The molecule has 2 aliphatic rings. The largest absolute Gasteiger partial charge is 0.488 e. The lowest BCUT2D eigenvalue weighted by atomic mass is 9.93. The van der Waals surface area contributed by atoms with E-state index in [9.17, 15) is 0 Å². The summed E-state index contributed by atoms with van der Waals surface area (Å²) in [5.74, 6) is 1.83. The van der Waals surface area contributed by atoms with Crippen molar-refractivity contribution < 1.29 is 4.74 Å². The van der Waals surface area contributed by atoms with Crippen LogP contribution in [0.1, 0.15) is 33.6 Å². The van der Waals surface area contributed by atoms with Crippen molar-refractivity contribution in [3.63, 3.8) is 0 Å². The second kappa shape index (κ2) is 2.38. The fourth-order valence-electron chi connectivity index (χ4n) is 1.96. The molecular weight excluding hydrogens is 148 g/mol. The Morgan fingerprint density at radius 3 is 3.00 bits per heavy atom. The van der Waals surface area contributed by atoms with Gasteiger partial charge >= 0.3 is 0 Å². The van der Waals surface area contributed by atoms with E-state index < -0.39 is 0 Å². The van der Waals surface area contributed by atoms with Crippen molar-refractivity contribution in [2.24, 2.45) is 5.92 Å². The van der Waals surface area contributed by atoms with E-state index in [1.807, 2.05) is 0 Å². The van der Waals surface area contributed by atoms with E-state index in [1.54, 1.807) is 0 Å². The highest BCUT2D eigenvalue weighted by molar-refractivity contribution is 5.35. The van der Waals surface area contributed by atoms with Crippen molar-refractivity contribution >= 4 is 0 Å². The molecule has 1 aliphatic heterocycles. The van der Waals surface area contributed by atoms with Crippen LogP contribution in [0, 0.1) is 5.92 Å². The first kappa shape index (κ1) is 7.90. The van der Waals surface area contributed by atoms with E-state index >= 15 is 0 Å². The van der Waals surface area contributed by atoms with Crippen LogP contribution < -0.4 is 0 Å². The molecule has 0 N–H and O–H groups in total. The third-order valence-electron chi connectivity index (χ3n) is 2.48. The van der Waals surface area contributed by atoms with Gasteiger partial charge in [0, 0.05) is 6.42 Å². The molecule has 1 unspecified atom stereocenters. The molecule has 2 rings (SSSR count). The van der Waals surface area contributed by atoms with Gasteiger partial charge in [0.25, 0.3) is 0 Å². The topological polar surface area (TPSA) is 9.23 Å². The fourth-order valence-corrected chi connectivity index (χ4v) is 1.96. The predicted octanol–water partition coefficient (Wildman–Crippen LogP) is 3.04. The molecule has 0 saturated carbocycles. The second-order valence-corrected chi connectivity index (χ2v) is 4.51. The van der Waals surface area contributed by atoms with E-state index in [0.717, 1.165) is 18.6 Å². The van der Waals surface area contributed by atoms with Crippen molar-refractivity contribution in [3.05, 3.63) is 23.5 Å². The maximum Gasteiger partial charge on any atom is 0.119 e. The molecule has 0 bridgehead atoms. The van der Waals surface area contributed by atoms with Gasteiger partial charge in [-0.3, -0.25) is 0 Å². The molecule has 1 heteroatoms. The summed E-state index contributed by atoms with van der Waals surface area (Å²) in [6, 6.07) is 0. The zero-order chi connectivity index (χ0) is 8.77. The number of hydrogen-bond donors (Lipinski definition) is 0. The van der Waals surface area contributed by atoms with Gasteiger partial charge < -0.3 is 4.74 Å². The molecule has 12 heavy (non-hydrogen) atoms. The standard InChI is InChI=1S/C11H16O/c1-8-4-5-10-9(6-8)7-11(2,3)12-10/h5-6,8H,4,7H2,1-3H3. The van der Waals surface area contributed by atoms with Gasteiger partial charge in [0.15, 0.2) is 0 Å². The first-order chi connectivity index (χ1) is 5.57. The van der Waals surface area contributed by atoms with Crippen LogP contribution in [0.3, 0.4) is 0 Å². The third kappa shape index (κ3) is 1.28. The number of rotatable bonds is 0. The Morgan fingerprint density at radius 2 is 2.25 bits per heavy atom. The molecule has 1 saturated heterocycles. The van der Waals surface area contributed by atoms with E-state index in [4.69, 9.17) is 4.74 Å². The van der Waals surface area contributed by atoms with Gasteiger partial charge in [-0.15, -0.1) is 0 Å². The number of hydrogen-bond acceptors (Lipinski definition) is 1. The molecule has 0 aromatic carbocycles. The van der Waals surface area contributed by atoms with Crippen LogP contribution in [-0.2, 0) is 4.74 Å². The van der Waals surface area contributed by atoms with Crippen LogP contribution in [-0.4, -0.2) is 5.60 Å². The van der Waals surface area contributed by atoms with Crippen LogP contribution in [0.5, 0.6) is 0 Å². The first-order valence-corrected chi connectivity index (χ1v) is 4.67. The van der Waals surface area contributed by atoms with Gasteiger partial charge in [0.05, 0.1) is 0 Å². The van der Waals surface area contributed by atoms with Crippen molar-refractivity contribution in [1.29, 1.82) is 0 Å². The molecule has 1 heterocycles. The normalized spacial score (nSPS) is 31.8. The van der Waals surface area contributed by atoms with Crippen molar-refractivity contribution in [3.8, 4) is 0 Å². The molecule has 1 fully saturated rings. The van der Waals surface area contributed by atoms with Crippen LogP contribution in [0.4, 0.5) is 0 Å². The van der Waals surface area contributed by atoms with Gasteiger partial charge in [-0.1, -0.05) is 13.0 Å². The summed E-state index contributed by atoms with van der Waals surface area (Å²) in [5, 5.41) is 0. The Bertz CT molecular complexity index is 258. The van der Waals surface area contributed by atoms with E-state index in [-0.39, 0.29) is 5.60 Å². The Morgan fingerprint density at radius 1 is 1.50 bits per heavy atom. The first-order valence-electron chi connectivity index (χ1n) is 4.67. The lowest BCUT2D eigenvalue weighted by Gasteiger charge is -2.16. The lowest BCUT2D eigenvalue weighted by molar-refractivity contribution is 0.0760. The van der Waals surface area contributed by atoms with Gasteiger partial charge in [-0.25, -0.2) is 0 Å². The van der Waals surface area contributed by atoms with E-state index in [1.165, 1.54) is 5.57 Å². The zero-order valence-electron chi connectivity index (χ0n) is 8.05. The van der Waals surface area contributed by atoms with Crippen LogP contribution >= 0.6 is 0 Å². The van der Waals surface area contributed by atoms with Gasteiger partial charge in [-0.05, 0) is 37.8 Å². The molecule has 1 atom stereocenters. The van der Waals surface area contributed by atoms with Crippen molar-refractivity contribution in [2.45, 2.75) is 39.2 Å². The second-order valence-electron chi connectivity index (χ2n) is 4.51. The molecule has 1 nitrogen and oxygen atoms in total. The summed E-state index contributed by atoms with van der Waals surface area (Å²) in [6.07, 6.45) is 6.79. The molecule has 1 aliphatic carbocycles. The molecule has 66 valence electrons. The highest BCUT2D eigenvalue weighted by Crippen LogP contribution is 2.40. The summed E-state index contributed by atoms with van der Waals surface area (Å²) in [4.78, 5) is 0. The van der Waals surface area contributed by atoms with E-state index in [0.29, 0.717) is 5.92 Å². The van der Waals surface area contributed by atoms with Gasteiger partial charge in [0.1, 0.15) is 11.4 Å². The number of fused-ring (bicyclic) bond motifs is 1. The Hall–Kier alpha value is -0.720. The fraction of sp³-hybridized carbons (Fsp3) is 0.636. The van der Waals surface area contributed by atoms with Crippen LogP contribution in [0.2, 0.25) is 0 Å². The Kier molecular flexibility index (Phi) is 1.57. The number of allylic oxidation sites excluding steroid dienone is 3. The lowest BCUT2D eigenvalue weighted by Crippen LogP contribution is -2.15. The van der Waals surface area contributed by atoms with Crippen molar-refractivity contribution in [1.82, 2.24) is 0 Å². The monoisotopic (exact) mass is 164 g/mol.